The lowest BCUT2D eigenvalue weighted by Gasteiger charge is -2.04. The van der Waals surface area contributed by atoms with Gasteiger partial charge in [0.1, 0.15) is 0 Å². The van der Waals surface area contributed by atoms with Crippen LogP contribution in [0.5, 0.6) is 0 Å². The van der Waals surface area contributed by atoms with E-state index in [4.69, 9.17) is 4.74 Å². The Kier molecular flexibility index (Phi) is 3.05. The molecule has 0 spiro atoms. The van der Waals surface area contributed by atoms with Gasteiger partial charge in [0.25, 0.3) is 11.2 Å². The van der Waals surface area contributed by atoms with Crippen LogP contribution in [-0.2, 0) is 4.74 Å². The fraction of sp³-hybridized carbons (Fsp3) is 0.167. The van der Waals surface area contributed by atoms with Crippen LogP contribution in [0.25, 0.3) is 16.7 Å². The second-order valence-corrected chi connectivity index (χ2v) is 4.32. The summed E-state index contributed by atoms with van der Waals surface area (Å²) in [5.41, 5.74) is -0.348. The number of ether oxygens (including phenoxy) is 1. The second-order valence-electron chi connectivity index (χ2n) is 4.32. The summed E-state index contributed by atoms with van der Waals surface area (Å²) in [6.07, 6.45) is 0. The highest BCUT2D eigenvalue weighted by Crippen LogP contribution is 2.19. The Bertz CT molecular complexity index is 973. The maximum absolute atomic E-state index is 12.0. The van der Waals surface area contributed by atoms with Crippen LogP contribution in [0, 0.1) is 10.1 Å². The number of fused-ring (bicyclic) bond motifs is 3. The van der Waals surface area contributed by atoms with Crippen molar-refractivity contribution in [3.8, 4) is 0 Å². The van der Waals surface area contributed by atoms with Crippen LogP contribution >= 0.6 is 0 Å². The summed E-state index contributed by atoms with van der Waals surface area (Å²) in [6.45, 7) is 1.77. The maximum atomic E-state index is 12.0. The minimum absolute atomic E-state index is 0.0931. The molecular weight excluding hydrogens is 294 g/mol. The highest BCUT2D eigenvalue weighted by molar-refractivity contribution is 5.89. The summed E-state index contributed by atoms with van der Waals surface area (Å²) in [4.78, 5) is 36.6. The number of H-pyrrole nitrogens is 1. The number of hydrogen-bond acceptors (Lipinski definition) is 7. The summed E-state index contributed by atoms with van der Waals surface area (Å²) >= 11 is 0. The number of non-ortho nitro benzene ring substituents is 1. The van der Waals surface area contributed by atoms with Crippen molar-refractivity contribution >= 4 is 28.3 Å². The molecule has 10 heteroatoms. The lowest BCUT2D eigenvalue weighted by atomic mass is 10.2. The van der Waals surface area contributed by atoms with Gasteiger partial charge in [-0.2, -0.15) is 0 Å². The van der Waals surface area contributed by atoms with Crippen molar-refractivity contribution in [2.45, 2.75) is 6.92 Å². The first-order valence-electron chi connectivity index (χ1n) is 6.25. The van der Waals surface area contributed by atoms with E-state index < -0.39 is 16.5 Å². The summed E-state index contributed by atoms with van der Waals surface area (Å²) in [6, 6.07) is 3.86. The van der Waals surface area contributed by atoms with Gasteiger partial charge in [0.05, 0.1) is 22.6 Å². The molecule has 0 bridgehead atoms. The first-order valence-corrected chi connectivity index (χ1v) is 6.25. The van der Waals surface area contributed by atoms with Crippen LogP contribution in [0.2, 0.25) is 0 Å². The third kappa shape index (κ3) is 1.97. The fourth-order valence-corrected chi connectivity index (χ4v) is 2.10. The number of hydrogen-bond donors (Lipinski definition) is 1. The summed E-state index contributed by atoms with van der Waals surface area (Å²) < 4.78 is 6.08. The summed E-state index contributed by atoms with van der Waals surface area (Å²) in [5.74, 6) is -0.901. The molecule has 3 aromatic rings. The molecule has 0 aliphatic rings. The Morgan fingerprint density at radius 1 is 1.45 bits per heavy atom. The molecule has 1 N–H and O–H groups in total. The molecule has 2 heterocycles. The average Bonchev–Trinajstić information content (AvgIpc) is 2.92. The van der Waals surface area contributed by atoms with Crippen molar-refractivity contribution in [1.82, 2.24) is 19.6 Å². The Balaban J connectivity index is 2.38. The number of carbonyl (C=O) groups is 1. The quantitative estimate of drug-likeness (QED) is 0.426. The van der Waals surface area contributed by atoms with Gasteiger partial charge in [0.2, 0.25) is 11.5 Å². The van der Waals surface area contributed by atoms with Crippen LogP contribution in [0.3, 0.4) is 0 Å². The van der Waals surface area contributed by atoms with Gasteiger partial charge in [-0.15, -0.1) is 10.2 Å². The zero-order valence-electron chi connectivity index (χ0n) is 11.3. The van der Waals surface area contributed by atoms with E-state index in [1.165, 1.54) is 22.6 Å². The van der Waals surface area contributed by atoms with Gasteiger partial charge in [0, 0.05) is 12.1 Å². The van der Waals surface area contributed by atoms with Crippen molar-refractivity contribution in [2.75, 3.05) is 6.61 Å². The first kappa shape index (κ1) is 13.7. The van der Waals surface area contributed by atoms with Gasteiger partial charge >= 0.3 is 5.97 Å². The molecule has 0 saturated carbocycles. The highest BCUT2D eigenvalue weighted by atomic mass is 16.6. The van der Waals surface area contributed by atoms with Gasteiger partial charge < -0.3 is 9.72 Å². The zero-order valence-corrected chi connectivity index (χ0v) is 11.3. The van der Waals surface area contributed by atoms with E-state index in [0.29, 0.717) is 5.52 Å². The zero-order chi connectivity index (χ0) is 15.9. The molecule has 0 unspecified atom stereocenters. The van der Waals surface area contributed by atoms with Gasteiger partial charge in [-0.3, -0.25) is 19.3 Å². The number of carbonyl (C=O) groups excluding carboxylic acids is 1. The van der Waals surface area contributed by atoms with Gasteiger partial charge in [-0.1, -0.05) is 0 Å². The minimum atomic E-state index is -0.736. The van der Waals surface area contributed by atoms with Gasteiger partial charge in [-0.05, 0) is 13.0 Å². The molecule has 112 valence electrons. The normalized spacial score (nSPS) is 11.0. The Hall–Kier alpha value is -3.30. The van der Waals surface area contributed by atoms with Crippen molar-refractivity contribution in [3.05, 3.63) is 44.5 Å². The number of aromatic amines is 1. The monoisotopic (exact) mass is 303 g/mol. The Labute approximate surface area is 121 Å². The number of nitrogens with zero attached hydrogens (tertiary/aromatic N) is 4. The third-order valence-corrected chi connectivity index (χ3v) is 3.00. The molecular formula is C12H9N5O5. The second kappa shape index (κ2) is 4.91. The molecule has 22 heavy (non-hydrogen) atoms. The molecule has 2 aromatic heterocycles. The molecule has 0 radical (unpaired) electrons. The molecule has 0 amide bonds. The van der Waals surface area contributed by atoms with E-state index in [9.17, 15) is 19.7 Å². The molecule has 0 saturated heterocycles. The number of esters is 1. The van der Waals surface area contributed by atoms with E-state index >= 15 is 0 Å². The van der Waals surface area contributed by atoms with E-state index in [0.717, 1.165) is 0 Å². The number of nitro benzene ring substituents is 1. The summed E-state index contributed by atoms with van der Waals surface area (Å²) in [5, 5.41) is 18.1. The number of nitro groups is 1. The highest BCUT2D eigenvalue weighted by Gasteiger charge is 2.20. The molecule has 1 aromatic carbocycles. The van der Waals surface area contributed by atoms with E-state index in [-0.39, 0.29) is 29.3 Å². The number of rotatable bonds is 3. The minimum Gasteiger partial charge on any atom is -0.460 e. The van der Waals surface area contributed by atoms with Crippen LogP contribution < -0.4 is 5.56 Å². The SMILES string of the molecule is CCOC(=O)c1nnc2c(=O)[nH]c3cc([N+](=O)[O-])ccc3n12. The van der Waals surface area contributed by atoms with E-state index in [1.807, 2.05) is 0 Å². The van der Waals surface area contributed by atoms with E-state index in [2.05, 4.69) is 15.2 Å². The molecule has 0 aliphatic heterocycles. The predicted molar refractivity (Wildman–Crippen MR) is 73.7 cm³/mol. The first-order chi connectivity index (χ1) is 10.5. The molecule has 0 aliphatic carbocycles. The lowest BCUT2D eigenvalue weighted by Crippen LogP contribution is -2.15. The lowest BCUT2D eigenvalue weighted by molar-refractivity contribution is -0.384. The maximum Gasteiger partial charge on any atom is 0.376 e. The largest absolute Gasteiger partial charge is 0.460 e. The molecule has 10 nitrogen and oxygen atoms in total. The topological polar surface area (TPSA) is 132 Å². The number of aromatic nitrogens is 4. The van der Waals surface area contributed by atoms with Crippen LogP contribution in [0.15, 0.2) is 23.0 Å². The van der Waals surface area contributed by atoms with Crippen molar-refractivity contribution < 1.29 is 14.5 Å². The van der Waals surface area contributed by atoms with Crippen molar-refractivity contribution in [2.24, 2.45) is 0 Å². The van der Waals surface area contributed by atoms with Crippen LogP contribution in [0.1, 0.15) is 17.5 Å². The fourth-order valence-electron chi connectivity index (χ4n) is 2.10. The van der Waals surface area contributed by atoms with Gasteiger partial charge in [0.15, 0.2) is 0 Å². The summed E-state index contributed by atoms with van der Waals surface area (Å²) in [7, 11) is 0. The van der Waals surface area contributed by atoms with Crippen LogP contribution in [0.4, 0.5) is 5.69 Å². The Morgan fingerprint density at radius 3 is 2.91 bits per heavy atom. The van der Waals surface area contributed by atoms with Crippen LogP contribution in [-0.4, -0.2) is 37.1 Å². The number of nitrogens with one attached hydrogen (secondary N) is 1. The molecule has 0 fully saturated rings. The smallest absolute Gasteiger partial charge is 0.376 e. The molecule has 0 atom stereocenters. The predicted octanol–water partition coefficient (Wildman–Crippen LogP) is 0.656. The van der Waals surface area contributed by atoms with Crippen molar-refractivity contribution in [1.29, 1.82) is 0 Å². The Morgan fingerprint density at radius 2 is 2.23 bits per heavy atom. The van der Waals surface area contributed by atoms with Gasteiger partial charge in [-0.25, -0.2) is 4.79 Å². The number of benzene rings is 1. The average molecular weight is 303 g/mol. The third-order valence-electron chi connectivity index (χ3n) is 3.00. The van der Waals surface area contributed by atoms with Crippen molar-refractivity contribution in [3.63, 3.8) is 0 Å². The molecule has 3 rings (SSSR count). The van der Waals surface area contributed by atoms with E-state index in [1.54, 1.807) is 6.92 Å². The standard InChI is InChI=1S/C12H9N5O5/c1-2-22-12(19)10-15-14-9-11(18)13-7-5-6(17(20)21)3-4-8(7)16(9)10/h3-5H,2H2,1H3,(H,13,18).